The van der Waals surface area contributed by atoms with E-state index in [9.17, 15) is 0 Å². The minimum absolute atomic E-state index is 0.732. The Kier molecular flexibility index (Phi) is 4.63. The molecule has 3 rings (SSSR count). The lowest BCUT2D eigenvalue weighted by atomic mass is 9.87. The number of benzene rings is 1. The second-order valence-electron chi connectivity index (χ2n) is 5.83. The van der Waals surface area contributed by atoms with Crippen LogP contribution in [0.4, 0.5) is 0 Å². The second-order valence-corrected chi connectivity index (χ2v) is 6.91. The van der Waals surface area contributed by atoms with Crippen molar-refractivity contribution >= 4 is 22.8 Å². The molecule has 2 atom stereocenters. The van der Waals surface area contributed by atoms with E-state index >= 15 is 0 Å². The Morgan fingerprint density at radius 2 is 2.25 bits per heavy atom. The van der Waals surface area contributed by atoms with Gasteiger partial charge in [-0.1, -0.05) is 43.7 Å². The number of hydrogen-bond acceptors (Lipinski definition) is 3. The van der Waals surface area contributed by atoms with E-state index in [2.05, 4.69) is 34.3 Å². The molecule has 2 aromatic rings. The van der Waals surface area contributed by atoms with Crippen LogP contribution in [0.3, 0.4) is 0 Å². The van der Waals surface area contributed by atoms with Crippen LogP contribution in [-0.4, -0.2) is 28.3 Å². The van der Waals surface area contributed by atoms with Gasteiger partial charge in [-0.25, -0.2) is 4.98 Å². The number of fused-ring (bicyclic) bond motifs is 1. The minimum atomic E-state index is 0.732. The predicted molar refractivity (Wildman–Crippen MR) is 86.2 cm³/mol. The zero-order valence-corrected chi connectivity index (χ0v) is 12.9. The van der Waals surface area contributed by atoms with E-state index < -0.39 is 0 Å². The minimum Gasteiger partial charge on any atom is -0.333 e. The first kappa shape index (κ1) is 14.0. The number of nitrogens with one attached hydrogen (secondary N) is 2. The van der Waals surface area contributed by atoms with E-state index in [0.717, 1.165) is 40.4 Å². The summed E-state index contributed by atoms with van der Waals surface area (Å²) in [4.78, 5) is 7.95. The Morgan fingerprint density at radius 1 is 1.35 bits per heavy atom. The van der Waals surface area contributed by atoms with E-state index in [1.165, 1.54) is 25.7 Å². The van der Waals surface area contributed by atoms with Crippen molar-refractivity contribution < 1.29 is 0 Å². The number of hydrogen-bond donors (Lipinski definition) is 2. The summed E-state index contributed by atoms with van der Waals surface area (Å²) in [6, 6.07) is 8.94. The van der Waals surface area contributed by atoms with Crippen molar-refractivity contribution in [2.75, 3.05) is 12.3 Å². The smallest absolute Gasteiger partial charge is 0.166 e. The molecule has 0 radical (unpaired) electrons. The topological polar surface area (TPSA) is 40.7 Å². The first-order valence-electron chi connectivity index (χ1n) is 7.62. The van der Waals surface area contributed by atoms with Gasteiger partial charge in [-0.05, 0) is 30.9 Å². The molecule has 0 bridgehead atoms. The molecule has 1 aliphatic rings. The van der Waals surface area contributed by atoms with E-state index in [-0.39, 0.29) is 0 Å². The number of aromatic nitrogens is 2. The molecule has 20 heavy (non-hydrogen) atoms. The Bertz CT molecular complexity index is 518. The molecule has 0 amide bonds. The first-order chi connectivity index (χ1) is 9.81. The molecule has 1 aliphatic carbocycles. The molecule has 1 aromatic carbocycles. The molecule has 2 unspecified atom stereocenters. The predicted octanol–water partition coefficient (Wildman–Crippen LogP) is 3.82. The second kappa shape index (κ2) is 6.64. The zero-order chi connectivity index (χ0) is 13.8. The van der Waals surface area contributed by atoms with Crippen LogP contribution >= 0.6 is 11.8 Å². The first-order valence-corrected chi connectivity index (χ1v) is 8.61. The van der Waals surface area contributed by atoms with Gasteiger partial charge in [-0.3, -0.25) is 0 Å². The number of thioether (sulfide) groups is 1. The van der Waals surface area contributed by atoms with Crippen molar-refractivity contribution in [3.63, 3.8) is 0 Å². The lowest BCUT2D eigenvalue weighted by Crippen LogP contribution is -2.34. The van der Waals surface area contributed by atoms with Crippen molar-refractivity contribution in [1.29, 1.82) is 0 Å². The molecule has 1 aromatic heterocycles. The van der Waals surface area contributed by atoms with Gasteiger partial charge in [0.15, 0.2) is 5.16 Å². The fraction of sp³-hybridized carbons (Fsp3) is 0.562. The third-order valence-corrected chi connectivity index (χ3v) is 4.95. The summed E-state index contributed by atoms with van der Waals surface area (Å²) in [6.45, 7) is 3.44. The number of imidazole rings is 1. The highest BCUT2D eigenvalue weighted by atomic mass is 32.2. The lowest BCUT2D eigenvalue weighted by Gasteiger charge is -2.27. The van der Waals surface area contributed by atoms with E-state index in [0.29, 0.717) is 0 Å². The van der Waals surface area contributed by atoms with Crippen LogP contribution in [0.5, 0.6) is 0 Å². The summed E-state index contributed by atoms with van der Waals surface area (Å²) in [7, 11) is 0. The van der Waals surface area contributed by atoms with Crippen LogP contribution < -0.4 is 5.32 Å². The number of nitrogens with zero attached hydrogens (tertiary/aromatic N) is 1. The molecule has 3 nitrogen and oxygen atoms in total. The molecule has 1 heterocycles. The van der Waals surface area contributed by atoms with Crippen LogP contribution in [0.25, 0.3) is 11.0 Å². The summed E-state index contributed by atoms with van der Waals surface area (Å²) in [5.74, 6) is 1.97. The van der Waals surface area contributed by atoms with Crippen molar-refractivity contribution in [2.24, 2.45) is 5.92 Å². The molecular weight excluding hydrogens is 266 g/mol. The molecule has 0 spiro atoms. The molecule has 108 valence electrons. The number of para-hydroxylation sites is 2. The summed E-state index contributed by atoms with van der Waals surface area (Å²) in [5, 5.41) is 4.73. The third kappa shape index (κ3) is 3.55. The molecule has 1 saturated carbocycles. The Labute approximate surface area is 124 Å². The van der Waals surface area contributed by atoms with Crippen LogP contribution in [0.1, 0.15) is 32.6 Å². The van der Waals surface area contributed by atoms with Crippen molar-refractivity contribution in [3.8, 4) is 0 Å². The van der Waals surface area contributed by atoms with E-state index in [1.807, 2.05) is 12.1 Å². The van der Waals surface area contributed by atoms with Crippen molar-refractivity contribution in [2.45, 2.75) is 43.8 Å². The van der Waals surface area contributed by atoms with Gasteiger partial charge in [0.25, 0.3) is 0 Å². The maximum Gasteiger partial charge on any atom is 0.166 e. The van der Waals surface area contributed by atoms with Gasteiger partial charge < -0.3 is 10.3 Å². The molecule has 1 fully saturated rings. The van der Waals surface area contributed by atoms with Crippen molar-refractivity contribution in [1.82, 2.24) is 15.3 Å². The standard InChI is InChI=1S/C16H23N3S/c1-12-5-4-6-13(11-12)17-9-10-20-16-18-14-7-2-3-8-15(14)19-16/h2-3,7-8,12-13,17H,4-6,9-11H2,1H3,(H,18,19). The number of aromatic amines is 1. The van der Waals surface area contributed by atoms with Gasteiger partial charge in [0, 0.05) is 18.3 Å². The van der Waals surface area contributed by atoms with Crippen molar-refractivity contribution in [3.05, 3.63) is 24.3 Å². The van der Waals surface area contributed by atoms with Gasteiger partial charge in [0.05, 0.1) is 11.0 Å². The van der Waals surface area contributed by atoms with Gasteiger partial charge in [0.2, 0.25) is 0 Å². The number of H-pyrrole nitrogens is 1. The third-order valence-electron chi connectivity index (χ3n) is 4.08. The highest BCUT2D eigenvalue weighted by molar-refractivity contribution is 7.99. The normalized spacial score (nSPS) is 23.2. The fourth-order valence-corrected chi connectivity index (χ4v) is 3.79. The summed E-state index contributed by atoms with van der Waals surface area (Å²) in [6.07, 6.45) is 5.48. The Balaban J connectivity index is 1.43. The quantitative estimate of drug-likeness (QED) is 0.649. The molecule has 2 N–H and O–H groups in total. The fourth-order valence-electron chi connectivity index (χ4n) is 3.03. The summed E-state index contributed by atoms with van der Waals surface area (Å²) < 4.78 is 0. The van der Waals surface area contributed by atoms with Crippen LogP contribution in [0, 0.1) is 5.92 Å². The monoisotopic (exact) mass is 289 g/mol. The summed E-state index contributed by atoms with van der Waals surface area (Å²) in [5.41, 5.74) is 2.19. The van der Waals surface area contributed by atoms with Crippen LogP contribution in [0.2, 0.25) is 0 Å². The highest BCUT2D eigenvalue weighted by Gasteiger charge is 2.17. The molecule has 0 aliphatic heterocycles. The van der Waals surface area contributed by atoms with Gasteiger partial charge >= 0.3 is 0 Å². The van der Waals surface area contributed by atoms with E-state index in [4.69, 9.17) is 0 Å². The SMILES string of the molecule is CC1CCCC(NCCSc2nc3ccccc3[nH]2)C1. The largest absolute Gasteiger partial charge is 0.333 e. The number of rotatable bonds is 5. The highest BCUT2D eigenvalue weighted by Crippen LogP contribution is 2.23. The zero-order valence-electron chi connectivity index (χ0n) is 12.1. The Hall–Kier alpha value is -1.00. The van der Waals surface area contributed by atoms with Crippen LogP contribution in [-0.2, 0) is 0 Å². The summed E-state index contributed by atoms with van der Waals surface area (Å²) >= 11 is 1.81. The maximum atomic E-state index is 4.59. The molecule has 4 heteroatoms. The van der Waals surface area contributed by atoms with Gasteiger partial charge in [0.1, 0.15) is 0 Å². The average molecular weight is 289 g/mol. The van der Waals surface area contributed by atoms with Crippen LogP contribution in [0.15, 0.2) is 29.4 Å². The maximum absolute atomic E-state index is 4.59. The van der Waals surface area contributed by atoms with Gasteiger partial charge in [-0.15, -0.1) is 0 Å². The Morgan fingerprint density at radius 3 is 3.10 bits per heavy atom. The molecule has 0 saturated heterocycles. The average Bonchev–Trinajstić information content (AvgIpc) is 2.86. The molecular formula is C16H23N3S. The lowest BCUT2D eigenvalue weighted by molar-refractivity contribution is 0.306. The van der Waals surface area contributed by atoms with E-state index in [1.54, 1.807) is 11.8 Å². The van der Waals surface area contributed by atoms with Gasteiger partial charge in [-0.2, -0.15) is 0 Å².